The third-order valence-electron chi connectivity index (χ3n) is 13.0. The molecular weight excluding hydrogens is 579 g/mol. The fourth-order valence-corrected chi connectivity index (χ4v) is 10.8. The van der Waals surface area contributed by atoms with Crippen molar-refractivity contribution in [2.75, 3.05) is 4.90 Å². The number of benzene rings is 7. The second-order valence-corrected chi connectivity index (χ2v) is 15.0. The second kappa shape index (κ2) is 9.94. The molecule has 1 heteroatoms. The van der Waals surface area contributed by atoms with Gasteiger partial charge in [0.25, 0.3) is 0 Å². The molecule has 7 aromatic carbocycles. The van der Waals surface area contributed by atoms with E-state index in [1.54, 1.807) is 11.1 Å². The summed E-state index contributed by atoms with van der Waals surface area (Å²) in [6.45, 7) is 0. The standard InChI is InChI=1S/C47H37N/c1-2-10-33-25-38(21-16-30(33)8-1)48(37-19-17-32(18-20-37)41-15-7-11-31-9-3-4-12-40(31)41)39-22-23-44-45(28-39)43-14-6-5-13-42(43)34-24-35-26-36-27-46(44)47(35,36)29-34/h1-23,25,28,34-36,46H,24,26-27,29H2. The van der Waals surface area contributed by atoms with Crippen LogP contribution in [0.15, 0.2) is 152 Å². The molecule has 1 spiro atoms. The summed E-state index contributed by atoms with van der Waals surface area (Å²) in [6.07, 6.45) is 5.63. The molecule has 0 radical (unpaired) electrons. The van der Waals surface area contributed by atoms with Crippen molar-refractivity contribution < 1.29 is 0 Å². The fraction of sp³-hybridized carbons (Fsp3) is 0.191. The first-order valence-corrected chi connectivity index (χ1v) is 17.8. The highest BCUT2D eigenvalue weighted by atomic mass is 15.1. The molecule has 48 heavy (non-hydrogen) atoms. The fourth-order valence-electron chi connectivity index (χ4n) is 10.8. The topological polar surface area (TPSA) is 3.24 Å². The van der Waals surface area contributed by atoms with Crippen LogP contribution >= 0.6 is 0 Å². The van der Waals surface area contributed by atoms with Crippen LogP contribution in [0.3, 0.4) is 0 Å². The van der Waals surface area contributed by atoms with Crippen molar-refractivity contribution in [3.63, 3.8) is 0 Å². The zero-order valence-corrected chi connectivity index (χ0v) is 27.0. The SMILES string of the molecule is c1ccc2c(c1)-c1cc(N(c3ccc(-c4cccc5ccccc45)cc3)c3ccc4ccccc4c3)ccc1C1CC3CC4CC2CC431. The van der Waals surface area contributed by atoms with Gasteiger partial charge in [0.1, 0.15) is 0 Å². The van der Waals surface area contributed by atoms with Gasteiger partial charge in [-0.15, -0.1) is 0 Å². The van der Waals surface area contributed by atoms with Crippen molar-refractivity contribution >= 4 is 38.6 Å². The molecule has 3 fully saturated rings. The van der Waals surface area contributed by atoms with Crippen molar-refractivity contribution in [2.45, 2.75) is 37.5 Å². The lowest BCUT2D eigenvalue weighted by Gasteiger charge is -2.67. The predicted octanol–water partition coefficient (Wildman–Crippen LogP) is 12.8. The van der Waals surface area contributed by atoms with E-state index in [0.717, 1.165) is 11.8 Å². The summed E-state index contributed by atoms with van der Waals surface area (Å²) in [5.74, 6) is 3.27. The van der Waals surface area contributed by atoms with Gasteiger partial charge in [0.15, 0.2) is 0 Å². The highest BCUT2D eigenvalue weighted by Gasteiger charge is 2.70. The molecule has 0 aliphatic heterocycles. The molecule has 4 aliphatic carbocycles. The summed E-state index contributed by atoms with van der Waals surface area (Å²) in [5, 5.41) is 5.09. The first-order chi connectivity index (χ1) is 23.7. The normalized spacial score (nSPS) is 24.4. The van der Waals surface area contributed by atoms with Gasteiger partial charge in [-0.2, -0.15) is 0 Å². The van der Waals surface area contributed by atoms with Crippen LogP contribution in [0.5, 0.6) is 0 Å². The van der Waals surface area contributed by atoms with Gasteiger partial charge in [-0.3, -0.25) is 0 Å². The van der Waals surface area contributed by atoms with Gasteiger partial charge in [0, 0.05) is 17.1 Å². The van der Waals surface area contributed by atoms with Crippen LogP contribution in [0.4, 0.5) is 17.1 Å². The van der Waals surface area contributed by atoms with Crippen molar-refractivity contribution in [1.82, 2.24) is 0 Å². The van der Waals surface area contributed by atoms with Crippen LogP contribution in [0.1, 0.15) is 48.6 Å². The monoisotopic (exact) mass is 615 g/mol. The average molecular weight is 616 g/mol. The average Bonchev–Trinajstić information content (AvgIpc) is 3.50. The maximum Gasteiger partial charge on any atom is 0.0468 e. The summed E-state index contributed by atoms with van der Waals surface area (Å²) in [4.78, 5) is 2.48. The molecular formula is C47H37N. The van der Waals surface area contributed by atoms with E-state index >= 15 is 0 Å². The molecule has 0 heterocycles. The Bertz CT molecular complexity index is 2400. The molecule has 3 saturated carbocycles. The molecule has 2 bridgehead atoms. The van der Waals surface area contributed by atoms with Gasteiger partial charge < -0.3 is 4.90 Å². The van der Waals surface area contributed by atoms with E-state index in [2.05, 4.69) is 157 Å². The molecule has 1 nitrogen and oxygen atoms in total. The van der Waals surface area contributed by atoms with E-state index in [1.165, 1.54) is 86.5 Å². The van der Waals surface area contributed by atoms with Gasteiger partial charge in [0.2, 0.25) is 0 Å². The molecule has 230 valence electrons. The highest BCUT2D eigenvalue weighted by Crippen LogP contribution is 2.80. The van der Waals surface area contributed by atoms with E-state index in [9.17, 15) is 0 Å². The zero-order chi connectivity index (χ0) is 31.4. The maximum absolute atomic E-state index is 2.53. The molecule has 7 aromatic rings. The Morgan fingerprint density at radius 2 is 1.15 bits per heavy atom. The minimum Gasteiger partial charge on any atom is -0.310 e. The molecule has 0 N–H and O–H groups in total. The number of fused-ring (bicyclic) bond motifs is 8. The first kappa shape index (κ1) is 26.9. The quantitative estimate of drug-likeness (QED) is 0.190. The van der Waals surface area contributed by atoms with Crippen molar-refractivity contribution in [3.05, 3.63) is 163 Å². The number of nitrogens with zero attached hydrogens (tertiary/aromatic N) is 1. The third kappa shape index (κ3) is 3.68. The minimum absolute atomic E-state index is 0.559. The summed E-state index contributed by atoms with van der Waals surface area (Å²) in [7, 11) is 0. The molecule has 5 atom stereocenters. The Hall–Kier alpha value is -5.14. The lowest BCUT2D eigenvalue weighted by molar-refractivity contribution is -0.144. The van der Waals surface area contributed by atoms with E-state index in [0.29, 0.717) is 17.3 Å². The van der Waals surface area contributed by atoms with E-state index in [4.69, 9.17) is 0 Å². The van der Waals surface area contributed by atoms with Crippen LogP contribution in [0.25, 0.3) is 43.8 Å². The predicted molar refractivity (Wildman–Crippen MR) is 200 cm³/mol. The lowest BCUT2D eigenvalue weighted by atomic mass is 9.37. The second-order valence-electron chi connectivity index (χ2n) is 15.0. The Morgan fingerprint density at radius 1 is 0.458 bits per heavy atom. The van der Waals surface area contributed by atoms with Crippen molar-refractivity contribution in [1.29, 1.82) is 0 Å². The van der Waals surface area contributed by atoms with Gasteiger partial charge in [-0.25, -0.2) is 0 Å². The molecule has 5 unspecified atom stereocenters. The molecule has 0 saturated heterocycles. The van der Waals surface area contributed by atoms with Crippen LogP contribution in [0, 0.1) is 17.3 Å². The summed E-state index contributed by atoms with van der Waals surface area (Å²) in [6, 6.07) is 57.0. The summed E-state index contributed by atoms with van der Waals surface area (Å²) >= 11 is 0. The first-order valence-electron chi connectivity index (χ1n) is 17.8. The minimum atomic E-state index is 0.559. The largest absolute Gasteiger partial charge is 0.310 e. The number of hydrogen-bond acceptors (Lipinski definition) is 1. The molecule has 0 aromatic heterocycles. The lowest BCUT2D eigenvalue weighted by Crippen LogP contribution is -2.58. The van der Waals surface area contributed by atoms with Gasteiger partial charge in [-0.1, -0.05) is 115 Å². The van der Waals surface area contributed by atoms with Gasteiger partial charge in [-0.05, 0) is 146 Å². The van der Waals surface area contributed by atoms with Crippen molar-refractivity contribution in [2.24, 2.45) is 17.3 Å². The maximum atomic E-state index is 2.53. The Labute approximate surface area is 282 Å². The van der Waals surface area contributed by atoms with Crippen molar-refractivity contribution in [3.8, 4) is 22.3 Å². The van der Waals surface area contributed by atoms with Gasteiger partial charge >= 0.3 is 0 Å². The number of rotatable bonds is 4. The smallest absolute Gasteiger partial charge is 0.0468 e. The third-order valence-corrected chi connectivity index (χ3v) is 13.0. The molecule has 11 rings (SSSR count). The Kier molecular flexibility index (Phi) is 5.56. The highest BCUT2D eigenvalue weighted by molar-refractivity contribution is 5.97. The molecule has 4 aliphatic rings. The number of hydrogen-bond donors (Lipinski definition) is 0. The van der Waals surface area contributed by atoms with Crippen LogP contribution in [-0.4, -0.2) is 0 Å². The summed E-state index contributed by atoms with van der Waals surface area (Å²) < 4.78 is 0. The van der Waals surface area contributed by atoms with E-state index in [1.807, 2.05) is 0 Å². The van der Waals surface area contributed by atoms with Crippen LogP contribution < -0.4 is 4.90 Å². The van der Waals surface area contributed by atoms with E-state index < -0.39 is 0 Å². The molecule has 0 amide bonds. The van der Waals surface area contributed by atoms with Crippen LogP contribution in [0.2, 0.25) is 0 Å². The van der Waals surface area contributed by atoms with Crippen LogP contribution in [-0.2, 0) is 0 Å². The summed E-state index contributed by atoms with van der Waals surface area (Å²) in [5.41, 5.74) is 12.8. The zero-order valence-electron chi connectivity index (χ0n) is 27.0. The van der Waals surface area contributed by atoms with E-state index in [-0.39, 0.29) is 0 Å². The Balaban J connectivity index is 1.09. The van der Waals surface area contributed by atoms with Gasteiger partial charge in [0.05, 0.1) is 0 Å². The number of anilines is 3. The Morgan fingerprint density at radius 3 is 2.04 bits per heavy atom.